The Balaban J connectivity index is 1.16. The van der Waals surface area contributed by atoms with Crippen LogP contribution in [0.15, 0.2) is 199 Å². The lowest BCUT2D eigenvalue weighted by Crippen LogP contribution is -2.02. The maximum absolute atomic E-state index is 6.97. The third kappa shape index (κ3) is 4.76. The smallest absolute Gasteiger partial charge is 0.162 e. The SMILES string of the molecule is c1ccc(-c2cc(-n3c4ccccc4c4c5c6ccccc6n(-c6cccc7c6oc6c(-c8ccccc8)cccc67)c5ccc43)nc(-c3ccccc3)n2)cc1. The van der Waals surface area contributed by atoms with Crippen LogP contribution in [0.5, 0.6) is 0 Å². The molecule has 4 heterocycles. The van der Waals surface area contributed by atoms with Crippen LogP contribution in [0.4, 0.5) is 0 Å². The van der Waals surface area contributed by atoms with Gasteiger partial charge in [0.15, 0.2) is 11.4 Å². The first kappa shape index (κ1) is 31.6. The van der Waals surface area contributed by atoms with Gasteiger partial charge in [-0.3, -0.25) is 4.57 Å². The van der Waals surface area contributed by atoms with Gasteiger partial charge in [0.05, 0.1) is 33.4 Å². The molecule has 0 aliphatic heterocycles. The lowest BCUT2D eigenvalue weighted by Gasteiger charge is -2.12. The molecule has 8 aromatic carbocycles. The summed E-state index contributed by atoms with van der Waals surface area (Å²) in [5.41, 5.74) is 12.3. The fourth-order valence-corrected chi connectivity index (χ4v) is 8.87. The van der Waals surface area contributed by atoms with Gasteiger partial charge in [-0.15, -0.1) is 0 Å². The van der Waals surface area contributed by atoms with E-state index in [0.29, 0.717) is 5.82 Å². The molecule has 0 N–H and O–H groups in total. The fourth-order valence-electron chi connectivity index (χ4n) is 8.87. The molecule has 12 rings (SSSR count). The van der Waals surface area contributed by atoms with Crippen LogP contribution in [0.2, 0.25) is 0 Å². The zero-order valence-electron chi connectivity index (χ0n) is 30.7. The van der Waals surface area contributed by atoms with Crippen molar-refractivity contribution in [2.45, 2.75) is 0 Å². The van der Waals surface area contributed by atoms with E-state index >= 15 is 0 Å². The molecule has 0 aliphatic rings. The van der Waals surface area contributed by atoms with E-state index in [1.807, 2.05) is 24.3 Å². The average Bonchev–Trinajstić information content (AvgIpc) is 3.95. The van der Waals surface area contributed by atoms with Gasteiger partial charge < -0.3 is 8.98 Å². The first-order valence-electron chi connectivity index (χ1n) is 19.3. The molecule has 5 heteroatoms. The maximum atomic E-state index is 6.97. The second-order valence-corrected chi connectivity index (χ2v) is 14.5. The van der Waals surface area contributed by atoms with Crippen LogP contribution in [0, 0.1) is 0 Å². The molecule has 266 valence electrons. The van der Waals surface area contributed by atoms with Crippen LogP contribution in [0.1, 0.15) is 0 Å². The van der Waals surface area contributed by atoms with Crippen molar-refractivity contribution in [3.05, 3.63) is 194 Å². The lowest BCUT2D eigenvalue weighted by atomic mass is 10.0. The molecule has 0 aliphatic carbocycles. The molecule has 12 aromatic rings. The number of para-hydroxylation sites is 4. The number of furan rings is 1. The predicted molar refractivity (Wildman–Crippen MR) is 234 cm³/mol. The Bertz CT molecular complexity index is 3450. The molecule has 0 atom stereocenters. The number of hydrogen-bond acceptors (Lipinski definition) is 3. The summed E-state index contributed by atoms with van der Waals surface area (Å²) in [5, 5.41) is 6.91. The van der Waals surface area contributed by atoms with Crippen molar-refractivity contribution >= 4 is 65.6 Å². The van der Waals surface area contributed by atoms with Crippen LogP contribution < -0.4 is 0 Å². The maximum Gasteiger partial charge on any atom is 0.162 e. The largest absolute Gasteiger partial charge is 0.453 e. The van der Waals surface area contributed by atoms with Crippen molar-refractivity contribution in [1.82, 2.24) is 19.1 Å². The topological polar surface area (TPSA) is 48.8 Å². The van der Waals surface area contributed by atoms with E-state index in [2.05, 4.69) is 179 Å². The number of benzene rings is 8. The zero-order valence-corrected chi connectivity index (χ0v) is 30.7. The predicted octanol–water partition coefficient (Wildman–Crippen LogP) is 13.6. The first-order chi connectivity index (χ1) is 28.3. The van der Waals surface area contributed by atoms with Crippen molar-refractivity contribution in [2.75, 3.05) is 0 Å². The summed E-state index contributed by atoms with van der Waals surface area (Å²) in [6.07, 6.45) is 0. The summed E-state index contributed by atoms with van der Waals surface area (Å²) in [7, 11) is 0. The van der Waals surface area contributed by atoms with Gasteiger partial charge in [0.1, 0.15) is 11.4 Å². The van der Waals surface area contributed by atoms with Crippen molar-refractivity contribution in [3.8, 4) is 45.3 Å². The van der Waals surface area contributed by atoms with Crippen molar-refractivity contribution in [1.29, 1.82) is 0 Å². The Morgan fingerprint density at radius 3 is 1.58 bits per heavy atom. The minimum absolute atomic E-state index is 0.685. The monoisotopic (exact) mass is 728 g/mol. The molecule has 4 aromatic heterocycles. The minimum atomic E-state index is 0.685. The highest BCUT2D eigenvalue weighted by Gasteiger charge is 2.24. The van der Waals surface area contributed by atoms with E-state index in [4.69, 9.17) is 14.4 Å². The molecule has 0 saturated carbocycles. The highest BCUT2D eigenvalue weighted by Crippen LogP contribution is 2.45. The van der Waals surface area contributed by atoms with Crippen LogP contribution in [0.25, 0.3) is 111 Å². The van der Waals surface area contributed by atoms with Gasteiger partial charge in [0.2, 0.25) is 0 Å². The number of rotatable bonds is 5. The Morgan fingerprint density at radius 2 is 0.895 bits per heavy atom. The summed E-state index contributed by atoms with van der Waals surface area (Å²) in [6.45, 7) is 0. The van der Waals surface area contributed by atoms with E-state index < -0.39 is 0 Å². The molecule has 0 amide bonds. The molecule has 0 saturated heterocycles. The summed E-state index contributed by atoms with van der Waals surface area (Å²) >= 11 is 0. The summed E-state index contributed by atoms with van der Waals surface area (Å²) in [6, 6.07) is 68.1. The van der Waals surface area contributed by atoms with E-state index in [1.54, 1.807) is 0 Å². The lowest BCUT2D eigenvalue weighted by molar-refractivity contribution is 0.667. The Kier molecular flexibility index (Phi) is 6.86. The van der Waals surface area contributed by atoms with Gasteiger partial charge in [-0.25, -0.2) is 9.97 Å². The summed E-state index contributed by atoms with van der Waals surface area (Å²) in [5.74, 6) is 1.50. The van der Waals surface area contributed by atoms with Crippen molar-refractivity contribution in [2.24, 2.45) is 0 Å². The summed E-state index contributed by atoms with van der Waals surface area (Å²) < 4.78 is 11.7. The van der Waals surface area contributed by atoms with E-state index in [1.165, 1.54) is 16.2 Å². The van der Waals surface area contributed by atoms with Gasteiger partial charge >= 0.3 is 0 Å². The standard InChI is InChI=1S/C52H32N4O/c1-4-16-33(17-5-1)36-24-14-25-37-38-26-15-29-46(51(38)57-50(36)37)55-42-27-12-10-22-39(42)48-44(55)30-31-45-49(48)40-23-11-13-28-43(40)56(45)47-32-41(34-18-6-2-7-19-34)53-52(54-47)35-20-8-3-9-21-35/h1-32H. The highest BCUT2D eigenvalue weighted by atomic mass is 16.3. The number of hydrogen-bond donors (Lipinski definition) is 0. The van der Waals surface area contributed by atoms with Crippen LogP contribution in [-0.2, 0) is 0 Å². The molecule has 0 spiro atoms. The fraction of sp³-hybridized carbons (Fsp3) is 0. The van der Waals surface area contributed by atoms with Gasteiger partial charge in [-0.2, -0.15) is 0 Å². The molecule has 0 bridgehead atoms. The molecule has 57 heavy (non-hydrogen) atoms. The molecule has 0 fully saturated rings. The molecular weight excluding hydrogens is 697 g/mol. The van der Waals surface area contributed by atoms with Crippen LogP contribution >= 0.6 is 0 Å². The second-order valence-electron chi connectivity index (χ2n) is 14.5. The third-order valence-electron chi connectivity index (χ3n) is 11.3. The molecular formula is C52H32N4O. The van der Waals surface area contributed by atoms with Gasteiger partial charge in [0, 0.05) is 55.1 Å². The molecule has 5 nitrogen and oxygen atoms in total. The number of nitrogens with zero attached hydrogens (tertiary/aromatic N) is 4. The third-order valence-corrected chi connectivity index (χ3v) is 11.3. The number of fused-ring (bicyclic) bond motifs is 10. The van der Waals surface area contributed by atoms with Crippen LogP contribution in [0.3, 0.4) is 0 Å². The number of aromatic nitrogens is 4. The van der Waals surface area contributed by atoms with Crippen molar-refractivity contribution < 1.29 is 4.42 Å². The first-order valence-corrected chi connectivity index (χ1v) is 19.3. The Morgan fingerprint density at radius 1 is 0.368 bits per heavy atom. The second kappa shape index (κ2) is 12.4. The molecule has 0 unspecified atom stereocenters. The van der Waals surface area contributed by atoms with Gasteiger partial charge in [0.25, 0.3) is 0 Å². The Hall–Kier alpha value is -7.76. The normalized spacial score (nSPS) is 11.9. The van der Waals surface area contributed by atoms with Crippen LogP contribution in [-0.4, -0.2) is 19.1 Å². The molecule has 0 radical (unpaired) electrons. The summed E-state index contributed by atoms with van der Waals surface area (Å²) in [4.78, 5) is 10.4. The van der Waals surface area contributed by atoms with Crippen molar-refractivity contribution in [3.63, 3.8) is 0 Å². The van der Waals surface area contributed by atoms with E-state index in [9.17, 15) is 0 Å². The quantitative estimate of drug-likeness (QED) is 0.177. The van der Waals surface area contributed by atoms with E-state index in [0.717, 1.165) is 88.8 Å². The van der Waals surface area contributed by atoms with Gasteiger partial charge in [-0.05, 0) is 35.9 Å². The zero-order chi connectivity index (χ0) is 37.5. The van der Waals surface area contributed by atoms with Gasteiger partial charge in [-0.1, -0.05) is 158 Å². The Labute approximate surface area is 327 Å². The average molecular weight is 729 g/mol. The van der Waals surface area contributed by atoms with E-state index in [-0.39, 0.29) is 0 Å². The minimum Gasteiger partial charge on any atom is -0.453 e. The highest BCUT2D eigenvalue weighted by molar-refractivity contribution is 6.29.